The van der Waals surface area contributed by atoms with Gasteiger partial charge in [0.2, 0.25) is 5.91 Å². The second kappa shape index (κ2) is 10.7. The molecule has 0 unspecified atom stereocenters. The Bertz CT molecular complexity index is 1210. The summed E-state index contributed by atoms with van der Waals surface area (Å²) >= 11 is 19.2. The van der Waals surface area contributed by atoms with Crippen molar-refractivity contribution in [3.05, 3.63) is 95.8 Å². The maximum atomic E-state index is 12.3. The van der Waals surface area contributed by atoms with Gasteiger partial charge >= 0.3 is 0 Å². The van der Waals surface area contributed by atoms with E-state index in [2.05, 4.69) is 31.9 Å². The molecule has 1 amide bonds. The van der Waals surface area contributed by atoms with Crippen LogP contribution in [0.4, 0.5) is 5.69 Å². The Morgan fingerprint density at radius 1 is 0.788 bits per heavy atom. The molecule has 1 aliphatic carbocycles. The summed E-state index contributed by atoms with van der Waals surface area (Å²) in [6.07, 6.45) is 3.26. The zero-order valence-corrected chi connectivity index (χ0v) is 22.4. The van der Waals surface area contributed by atoms with Crippen molar-refractivity contribution >= 4 is 72.4 Å². The van der Waals surface area contributed by atoms with Gasteiger partial charge in [0, 0.05) is 33.2 Å². The summed E-state index contributed by atoms with van der Waals surface area (Å²) in [5, 5.41) is 1.33. The number of hydrogen-bond donors (Lipinski definition) is 0. The van der Waals surface area contributed by atoms with Crippen molar-refractivity contribution in [1.82, 2.24) is 0 Å². The molecule has 33 heavy (non-hydrogen) atoms. The number of carbonyl (C=O) groups is 2. The Hall–Kier alpha value is -1.66. The molecular formula is C26H21Br2Cl2NO2. The molecule has 0 bridgehead atoms. The summed E-state index contributed by atoms with van der Waals surface area (Å²) in [6.45, 7) is 0.564. The van der Waals surface area contributed by atoms with E-state index in [0.29, 0.717) is 35.9 Å². The van der Waals surface area contributed by atoms with Gasteiger partial charge in [0.15, 0.2) is 0 Å². The second-order valence-electron chi connectivity index (χ2n) is 8.10. The fraction of sp³-hybridized carbons (Fsp3) is 0.231. The highest BCUT2D eigenvalue weighted by atomic mass is 79.9. The molecule has 7 heteroatoms. The maximum absolute atomic E-state index is 12.3. The third kappa shape index (κ3) is 5.89. The lowest BCUT2D eigenvalue weighted by molar-refractivity contribution is -0.119. The number of Topliss-reactive ketones (excluding diaryl/α,β-unsaturated/α-hetero) is 1. The molecule has 5 rings (SSSR count). The highest BCUT2D eigenvalue weighted by molar-refractivity contribution is 9.10. The van der Waals surface area contributed by atoms with Crippen LogP contribution in [0.1, 0.15) is 35.1 Å². The smallest absolute Gasteiger partial charge is 0.227 e. The van der Waals surface area contributed by atoms with E-state index < -0.39 is 0 Å². The van der Waals surface area contributed by atoms with Crippen LogP contribution in [0.3, 0.4) is 0 Å². The van der Waals surface area contributed by atoms with Crippen LogP contribution in [0.2, 0.25) is 10.0 Å². The van der Waals surface area contributed by atoms with Crippen molar-refractivity contribution in [3.8, 4) is 0 Å². The minimum Gasteiger partial charge on any atom is -0.306 e. The lowest BCUT2D eigenvalue weighted by Crippen LogP contribution is -2.34. The number of nitrogens with zero attached hydrogens (tertiary/aromatic N) is 1. The number of benzene rings is 3. The van der Waals surface area contributed by atoms with Crippen molar-refractivity contribution in [1.29, 1.82) is 0 Å². The summed E-state index contributed by atoms with van der Waals surface area (Å²) in [4.78, 5) is 25.2. The molecule has 0 atom stereocenters. The average Bonchev–Trinajstić information content (AvgIpc) is 2.77. The van der Waals surface area contributed by atoms with Gasteiger partial charge in [0.25, 0.3) is 0 Å². The molecule has 170 valence electrons. The number of fused-ring (bicyclic) bond motifs is 2. The van der Waals surface area contributed by atoms with E-state index in [-0.39, 0.29) is 11.7 Å². The van der Waals surface area contributed by atoms with Gasteiger partial charge in [-0.2, -0.15) is 0 Å². The molecule has 1 aliphatic heterocycles. The van der Waals surface area contributed by atoms with Crippen LogP contribution in [0.15, 0.2) is 63.5 Å². The summed E-state index contributed by atoms with van der Waals surface area (Å²) in [7, 11) is 0. The molecule has 0 aromatic heterocycles. The lowest BCUT2D eigenvalue weighted by Gasteiger charge is -2.30. The topological polar surface area (TPSA) is 37.4 Å². The van der Waals surface area contributed by atoms with E-state index in [4.69, 9.17) is 23.2 Å². The van der Waals surface area contributed by atoms with Crippen molar-refractivity contribution < 1.29 is 9.59 Å². The van der Waals surface area contributed by atoms with Gasteiger partial charge in [-0.3, -0.25) is 9.59 Å². The van der Waals surface area contributed by atoms with Crippen LogP contribution >= 0.6 is 55.1 Å². The molecule has 0 N–H and O–H groups in total. The molecule has 0 saturated carbocycles. The third-order valence-corrected chi connectivity index (χ3v) is 7.31. The third-order valence-electron chi connectivity index (χ3n) is 5.77. The number of carbonyl (C=O) groups excluding carboxylic acids is 2. The summed E-state index contributed by atoms with van der Waals surface area (Å²) < 4.78 is 1.95. The Labute approximate surface area is 220 Å². The minimum absolute atomic E-state index is 0.130. The number of rotatable bonds is 2. The number of anilines is 1. The number of amides is 1. The van der Waals surface area contributed by atoms with E-state index in [9.17, 15) is 9.59 Å². The first-order valence-electron chi connectivity index (χ1n) is 10.6. The van der Waals surface area contributed by atoms with Crippen LogP contribution in [-0.2, 0) is 35.4 Å². The molecule has 0 fully saturated rings. The van der Waals surface area contributed by atoms with E-state index in [1.54, 1.807) is 4.90 Å². The van der Waals surface area contributed by atoms with Crippen molar-refractivity contribution in [2.45, 2.75) is 38.6 Å². The molecule has 0 radical (unpaired) electrons. The lowest BCUT2D eigenvalue weighted by atomic mass is 9.91. The highest BCUT2D eigenvalue weighted by Gasteiger charge is 2.27. The molecule has 3 aromatic carbocycles. The first kappa shape index (κ1) is 24.5. The summed E-state index contributed by atoms with van der Waals surface area (Å²) in [5.41, 5.74) is 5.31. The maximum Gasteiger partial charge on any atom is 0.227 e. The van der Waals surface area contributed by atoms with Crippen LogP contribution in [0, 0.1) is 0 Å². The predicted octanol–water partition coefficient (Wildman–Crippen LogP) is 7.74. The van der Waals surface area contributed by atoms with Crippen molar-refractivity contribution in [2.75, 3.05) is 4.90 Å². The Morgan fingerprint density at radius 3 is 2.15 bits per heavy atom. The SMILES string of the molecule is O=C1CCc2cc(Br)cc(Cl)c2C1.O=C1CCc2cc(Br)cc(Cl)c2N1Cc1ccccc1. The number of hydrogen-bond acceptors (Lipinski definition) is 2. The fourth-order valence-electron chi connectivity index (χ4n) is 4.18. The molecule has 2 aliphatic rings. The fourth-order valence-corrected chi connectivity index (χ4v) is 6.10. The van der Waals surface area contributed by atoms with Gasteiger partial charge in [-0.1, -0.05) is 85.4 Å². The van der Waals surface area contributed by atoms with Crippen molar-refractivity contribution in [2.24, 2.45) is 0 Å². The standard InChI is InChI=1S/C16H13BrClNO.C10H8BrClO/c17-13-8-12-6-7-15(20)19(16(12)14(18)9-13)10-11-4-2-1-3-5-11;11-7-3-6-1-2-8(13)5-9(6)10(12)4-7/h1-5,8-9H,6-7,10H2;3-4H,1-2,5H2. The normalized spacial score (nSPS) is 14.8. The minimum atomic E-state index is 0.130. The monoisotopic (exact) mass is 607 g/mol. The molecule has 3 nitrogen and oxygen atoms in total. The van der Waals surface area contributed by atoms with E-state index >= 15 is 0 Å². The van der Waals surface area contributed by atoms with Gasteiger partial charge < -0.3 is 4.90 Å². The number of halogens is 4. The van der Waals surface area contributed by atoms with Gasteiger partial charge in [-0.15, -0.1) is 0 Å². The molecule has 0 saturated heterocycles. The van der Waals surface area contributed by atoms with Crippen LogP contribution in [-0.4, -0.2) is 11.7 Å². The zero-order valence-electron chi connectivity index (χ0n) is 17.7. The van der Waals surface area contributed by atoms with Crippen molar-refractivity contribution in [3.63, 3.8) is 0 Å². The molecular weight excluding hydrogens is 589 g/mol. The van der Waals surface area contributed by atoms with E-state index in [0.717, 1.165) is 44.2 Å². The molecule has 1 heterocycles. The first-order valence-corrected chi connectivity index (χ1v) is 13.0. The van der Waals surface area contributed by atoms with Crippen LogP contribution in [0.5, 0.6) is 0 Å². The number of ketones is 1. The second-order valence-corrected chi connectivity index (χ2v) is 10.7. The number of aryl methyl sites for hydroxylation is 2. The van der Waals surface area contributed by atoms with E-state index in [1.165, 1.54) is 5.56 Å². The van der Waals surface area contributed by atoms with Crippen LogP contribution < -0.4 is 4.90 Å². The van der Waals surface area contributed by atoms with E-state index in [1.807, 2.05) is 54.6 Å². The molecule has 0 spiro atoms. The average molecular weight is 610 g/mol. The quantitative estimate of drug-likeness (QED) is 0.298. The summed E-state index contributed by atoms with van der Waals surface area (Å²) in [5.74, 6) is 0.419. The van der Waals surface area contributed by atoms with Crippen LogP contribution in [0.25, 0.3) is 0 Å². The van der Waals surface area contributed by atoms with Gasteiger partial charge in [0.05, 0.1) is 17.3 Å². The highest BCUT2D eigenvalue weighted by Crippen LogP contribution is 2.38. The largest absolute Gasteiger partial charge is 0.306 e. The zero-order chi connectivity index (χ0) is 23.5. The van der Waals surface area contributed by atoms with Gasteiger partial charge in [-0.25, -0.2) is 0 Å². The molecule has 3 aromatic rings. The van der Waals surface area contributed by atoms with Gasteiger partial charge in [-0.05, 0) is 59.4 Å². The first-order chi connectivity index (χ1) is 15.8. The van der Waals surface area contributed by atoms with Gasteiger partial charge in [0.1, 0.15) is 5.78 Å². The Balaban J connectivity index is 0.000000172. The summed E-state index contributed by atoms with van der Waals surface area (Å²) in [6, 6.07) is 17.8. The Kier molecular flexibility index (Phi) is 7.95. The Morgan fingerprint density at radius 2 is 1.42 bits per heavy atom. The predicted molar refractivity (Wildman–Crippen MR) is 141 cm³/mol.